The molecule has 0 aliphatic carbocycles. The molecule has 94 valence electrons. The fourth-order valence-corrected chi connectivity index (χ4v) is 1.86. The molecule has 2 aromatic carbocycles. The molecule has 0 aromatic heterocycles. The van der Waals surface area contributed by atoms with Crippen molar-refractivity contribution in [3.8, 4) is 22.6 Å². The number of alkyl halides is 1. The molecule has 0 radical (unpaired) electrons. The lowest BCUT2D eigenvalue weighted by molar-refractivity contribution is 0.273. The Kier molecular flexibility index (Phi) is 3.82. The van der Waals surface area contributed by atoms with Crippen molar-refractivity contribution in [2.24, 2.45) is 0 Å². The van der Waals surface area contributed by atoms with E-state index in [4.69, 9.17) is 4.74 Å². The van der Waals surface area contributed by atoms with E-state index >= 15 is 0 Å². The van der Waals surface area contributed by atoms with Crippen molar-refractivity contribution in [1.29, 1.82) is 0 Å². The summed E-state index contributed by atoms with van der Waals surface area (Å²) in [5.41, 5.74) is 3.11. The molecule has 2 aromatic rings. The Labute approximate surface area is 106 Å². The smallest absolute Gasteiger partial charge is 0.123 e. The minimum Gasteiger partial charge on any atom is -0.508 e. The summed E-state index contributed by atoms with van der Waals surface area (Å²) in [5, 5.41) is 9.37. The first kappa shape index (κ1) is 12.4. The largest absolute Gasteiger partial charge is 0.508 e. The molecule has 0 saturated heterocycles. The van der Waals surface area contributed by atoms with Crippen LogP contribution in [0.4, 0.5) is 4.39 Å². The first-order valence-corrected chi connectivity index (χ1v) is 5.79. The number of hydrogen-bond donors (Lipinski definition) is 1. The van der Waals surface area contributed by atoms with Gasteiger partial charge in [0.05, 0.1) is 0 Å². The monoisotopic (exact) mass is 246 g/mol. The minimum atomic E-state index is -0.487. The van der Waals surface area contributed by atoms with Crippen LogP contribution >= 0.6 is 0 Å². The fraction of sp³-hybridized carbons (Fsp3) is 0.200. The molecule has 3 heteroatoms. The van der Waals surface area contributed by atoms with E-state index in [0.717, 1.165) is 16.7 Å². The van der Waals surface area contributed by atoms with E-state index in [0.29, 0.717) is 5.75 Å². The molecular formula is C15H15FO2. The highest BCUT2D eigenvalue weighted by Gasteiger charge is 2.03. The Hall–Kier alpha value is -2.03. The van der Waals surface area contributed by atoms with Crippen LogP contribution in [0.25, 0.3) is 11.1 Å². The van der Waals surface area contributed by atoms with E-state index in [9.17, 15) is 9.50 Å². The second-order valence-corrected chi connectivity index (χ2v) is 4.06. The lowest BCUT2D eigenvalue weighted by atomic mass is 10.0. The van der Waals surface area contributed by atoms with Crippen molar-refractivity contribution in [3.63, 3.8) is 0 Å². The Balaban J connectivity index is 2.23. The predicted molar refractivity (Wildman–Crippen MR) is 69.7 cm³/mol. The van der Waals surface area contributed by atoms with Crippen molar-refractivity contribution < 1.29 is 14.2 Å². The quantitative estimate of drug-likeness (QED) is 0.891. The SMILES string of the molecule is Cc1cc(O)ccc1-c1ccc(OCCF)cc1. The molecular weight excluding hydrogens is 231 g/mol. The first-order chi connectivity index (χ1) is 8.70. The molecule has 18 heavy (non-hydrogen) atoms. The van der Waals surface area contributed by atoms with Gasteiger partial charge in [-0.2, -0.15) is 0 Å². The molecule has 0 bridgehead atoms. The molecule has 0 atom stereocenters. The summed E-state index contributed by atoms with van der Waals surface area (Å²) in [5.74, 6) is 0.923. The number of aromatic hydroxyl groups is 1. The average molecular weight is 246 g/mol. The van der Waals surface area contributed by atoms with Crippen LogP contribution in [0.5, 0.6) is 11.5 Å². The summed E-state index contributed by atoms with van der Waals surface area (Å²) in [7, 11) is 0. The second kappa shape index (κ2) is 5.54. The van der Waals surface area contributed by atoms with Gasteiger partial charge in [0.25, 0.3) is 0 Å². The molecule has 0 saturated carbocycles. The van der Waals surface area contributed by atoms with Gasteiger partial charge in [0.2, 0.25) is 0 Å². The van der Waals surface area contributed by atoms with Crippen LogP contribution in [0, 0.1) is 6.92 Å². The summed E-state index contributed by atoms with van der Waals surface area (Å²) < 4.78 is 17.1. The van der Waals surface area contributed by atoms with Gasteiger partial charge in [-0.15, -0.1) is 0 Å². The van der Waals surface area contributed by atoms with Gasteiger partial charge in [-0.05, 0) is 47.9 Å². The molecule has 0 aliphatic rings. The van der Waals surface area contributed by atoms with Crippen molar-refractivity contribution in [2.75, 3.05) is 13.3 Å². The van der Waals surface area contributed by atoms with Gasteiger partial charge >= 0.3 is 0 Å². The summed E-state index contributed by atoms with van der Waals surface area (Å²) >= 11 is 0. The molecule has 1 N–H and O–H groups in total. The van der Waals surface area contributed by atoms with Crippen LogP contribution in [0.1, 0.15) is 5.56 Å². The molecule has 0 spiro atoms. The van der Waals surface area contributed by atoms with Gasteiger partial charge in [0.1, 0.15) is 24.8 Å². The minimum absolute atomic E-state index is 0.0809. The maximum Gasteiger partial charge on any atom is 0.123 e. The van der Waals surface area contributed by atoms with E-state index in [1.54, 1.807) is 12.1 Å². The van der Waals surface area contributed by atoms with Crippen LogP contribution in [-0.4, -0.2) is 18.4 Å². The van der Waals surface area contributed by atoms with Gasteiger partial charge in [-0.1, -0.05) is 18.2 Å². The van der Waals surface area contributed by atoms with Crippen molar-refractivity contribution >= 4 is 0 Å². The summed E-state index contributed by atoms with van der Waals surface area (Å²) in [6.45, 7) is 1.54. The predicted octanol–water partition coefficient (Wildman–Crippen LogP) is 3.72. The highest BCUT2D eigenvalue weighted by molar-refractivity contribution is 5.68. The van der Waals surface area contributed by atoms with Gasteiger partial charge in [0.15, 0.2) is 0 Å². The number of phenols is 1. The zero-order chi connectivity index (χ0) is 13.0. The van der Waals surface area contributed by atoms with Gasteiger partial charge < -0.3 is 9.84 Å². The number of aryl methyl sites for hydroxylation is 1. The maximum atomic E-state index is 12.0. The van der Waals surface area contributed by atoms with Crippen molar-refractivity contribution in [1.82, 2.24) is 0 Å². The average Bonchev–Trinajstić information content (AvgIpc) is 2.37. The number of hydrogen-bond acceptors (Lipinski definition) is 2. The topological polar surface area (TPSA) is 29.5 Å². The molecule has 0 fully saturated rings. The Bertz CT molecular complexity index is 521. The number of rotatable bonds is 4. The zero-order valence-electron chi connectivity index (χ0n) is 10.2. The fourth-order valence-electron chi connectivity index (χ4n) is 1.86. The first-order valence-electron chi connectivity index (χ1n) is 5.79. The van der Waals surface area contributed by atoms with E-state index in [1.807, 2.05) is 37.3 Å². The van der Waals surface area contributed by atoms with Crippen molar-refractivity contribution in [2.45, 2.75) is 6.92 Å². The molecule has 2 rings (SSSR count). The van der Waals surface area contributed by atoms with E-state index in [2.05, 4.69) is 0 Å². The van der Waals surface area contributed by atoms with Gasteiger partial charge in [-0.25, -0.2) is 4.39 Å². The van der Waals surface area contributed by atoms with Crippen LogP contribution in [0.2, 0.25) is 0 Å². The number of benzene rings is 2. The Morgan fingerprint density at radius 2 is 1.83 bits per heavy atom. The lowest BCUT2D eigenvalue weighted by Gasteiger charge is -2.08. The van der Waals surface area contributed by atoms with E-state index < -0.39 is 6.67 Å². The number of halogens is 1. The second-order valence-electron chi connectivity index (χ2n) is 4.06. The molecule has 2 nitrogen and oxygen atoms in total. The van der Waals surface area contributed by atoms with Gasteiger partial charge in [0, 0.05) is 0 Å². The van der Waals surface area contributed by atoms with E-state index in [-0.39, 0.29) is 12.4 Å². The number of phenolic OH excluding ortho intramolecular Hbond substituents is 1. The molecule has 0 amide bonds. The third-order valence-electron chi connectivity index (χ3n) is 2.72. The van der Waals surface area contributed by atoms with Crippen LogP contribution in [-0.2, 0) is 0 Å². The molecule has 0 heterocycles. The lowest BCUT2D eigenvalue weighted by Crippen LogP contribution is -1.98. The summed E-state index contributed by atoms with van der Waals surface area (Å²) in [6, 6.07) is 12.7. The molecule has 0 unspecified atom stereocenters. The standard InChI is InChI=1S/C15H15FO2/c1-11-10-13(17)4-7-15(11)12-2-5-14(6-3-12)18-9-8-16/h2-7,10,17H,8-9H2,1H3. The highest BCUT2D eigenvalue weighted by Crippen LogP contribution is 2.27. The maximum absolute atomic E-state index is 12.0. The Morgan fingerprint density at radius 3 is 2.44 bits per heavy atom. The van der Waals surface area contributed by atoms with Crippen molar-refractivity contribution in [3.05, 3.63) is 48.0 Å². The van der Waals surface area contributed by atoms with Crippen LogP contribution in [0.3, 0.4) is 0 Å². The third kappa shape index (κ3) is 2.80. The third-order valence-corrected chi connectivity index (χ3v) is 2.72. The zero-order valence-corrected chi connectivity index (χ0v) is 10.2. The normalized spacial score (nSPS) is 10.3. The van der Waals surface area contributed by atoms with Crippen LogP contribution in [0.15, 0.2) is 42.5 Å². The highest BCUT2D eigenvalue weighted by atomic mass is 19.1. The Morgan fingerprint density at radius 1 is 1.11 bits per heavy atom. The summed E-state index contributed by atoms with van der Waals surface area (Å²) in [4.78, 5) is 0. The van der Waals surface area contributed by atoms with E-state index in [1.165, 1.54) is 0 Å². The van der Waals surface area contributed by atoms with Crippen LogP contribution < -0.4 is 4.74 Å². The molecule has 0 aliphatic heterocycles. The number of ether oxygens (including phenoxy) is 1. The van der Waals surface area contributed by atoms with Gasteiger partial charge in [-0.3, -0.25) is 0 Å². The summed E-state index contributed by atoms with van der Waals surface area (Å²) in [6.07, 6.45) is 0.